The fraction of sp³-hybridized carbons (Fsp3) is 0.278. The SMILES string of the molecule is CCc1cc(F)ccc1Oc1cc2c(cc1NS(C)(=O)=O)CCC2=O. The quantitative estimate of drug-likeness (QED) is 0.879. The number of anilines is 1. The van der Waals surface area contributed by atoms with E-state index in [0.717, 1.165) is 11.8 Å². The first-order valence-electron chi connectivity index (χ1n) is 7.91. The predicted molar refractivity (Wildman–Crippen MR) is 93.4 cm³/mol. The van der Waals surface area contributed by atoms with Gasteiger partial charge >= 0.3 is 0 Å². The van der Waals surface area contributed by atoms with Crippen LogP contribution in [-0.4, -0.2) is 20.5 Å². The summed E-state index contributed by atoms with van der Waals surface area (Å²) in [5.74, 6) is 0.273. The molecule has 5 nitrogen and oxygen atoms in total. The number of carbonyl (C=O) groups excluding carboxylic acids is 1. The molecule has 0 spiro atoms. The third-order valence-electron chi connectivity index (χ3n) is 4.05. The maximum atomic E-state index is 13.4. The number of halogens is 1. The summed E-state index contributed by atoms with van der Waals surface area (Å²) in [7, 11) is -3.52. The molecule has 0 saturated heterocycles. The molecule has 1 N–H and O–H groups in total. The second-order valence-electron chi connectivity index (χ2n) is 6.01. The molecule has 2 aromatic carbocycles. The van der Waals surface area contributed by atoms with E-state index in [4.69, 9.17) is 4.74 Å². The Balaban J connectivity index is 2.08. The van der Waals surface area contributed by atoms with Crippen LogP contribution in [0.2, 0.25) is 0 Å². The Hall–Kier alpha value is -2.41. The molecule has 0 unspecified atom stereocenters. The highest BCUT2D eigenvalue weighted by molar-refractivity contribution is 7.92. The molecule has 0 amide bonds. The molecule has 0 heterocycles. The fourth-order valence-electron chi connectivity index (χ4n) is 2.88. The van der Waals surface area contributed by atoms with Crippen LogP contribution in [0.3, 0.4) is 0 Å². The lowest BCUT2D eigenvalue weighted by Crippen LogP contribution is -2.11. The molecule has 0 fully saturated rings. The highest BCUT2D eigenvalue weighted by atomic mass is 32.2. The lowest BCUT2D eigenvalue weighted by atomic mass is 10.1. The van der Waals surface area contributed by atoms with Crippen molar-refractivity contribution in [2.24, 2.45) is 0 Å². The van der Waals surface area contributed by atoms with E-state index in [2.05, 4.69) is 4.72 Å². The van der Waals surface area contributed by atoms with Gasteiger partial charge in [-0.05, 0) is 54.3 Å². The molecule has 0 aromatic heterocycles. The summed E-state index contributed by atoms with van der Waals surface area (Å²) < 4.78 is 45.0. The Labute approximate surface area is 145 Å². The Morgan fingerprint density at radius 2 is 1.92 bits per heavy atom. The van der Waals surface area contributed by atoms with E-state index in [1.54, 1.807) is 12.1 Å². The smallest absolute Gasteiger partial charge is 0.229 e. The van der Waals surface area contributed by atoms with Gasteiger partial charge in [0.1, 0.15) is 11.6 Å². The maximum absolute atomic E-state index is 13.4. The van der Waals surface area contributed by atoms with Crippen molar-refractivity contribution in [3.05, 3.63) is 52.8 Å². The van der Waals surface area contributed by atoms with Crippen molar-refractivity contribution in [3.8, 4) is 11.5 Å². The number of nitrogens with one attached hydrogen (secondary N) is 1. The molecule has 132 valence electrons. The number of ether oxygens (including phenoxy) is 1. The van der Waals surface area contributed by atoms with Gasteiger partial charge in [0.2, 0.25) is 10.0 Å². The van der Waals surface area contributed by atoms with E-state index in [9.17, 15) is 17.6 Å². The second-order valence-corrected chi connectivity index (χ2v) is 7.76. The largest absolute Gasteiger partial charge is 0.455 e. The number of hydrogen-bond acceptors (Lipinski definition) is 4. The Morgan fingerprint density at radius 1 is 1.16 bits per heavy atom. The zero-order valence-electron chi connectivity index (χ0n) is 13.9. The third kappa shape index (κ3) is 3.82. The van der Waals surface area contributed by atoms with Crippen LogP contribution >= 0.6 is 0 Å². The van der Waals surface area contributed by atoms with Gasteiger partial charge in [-0.25, -0.2) is 12.8 Å². The van der Waals surface area contributed by atoms with Gasteiger partial charge in [-0.3, -0.25) is 9.52 Å². The van der Waals surface area contributed by atoms with Crippen molar-refractivity contribution < 1.29 is 22.3 Å². The number of aryl methyl sites for hydroxylation is 2. The average molecular weight is 363 g/mol. The number of rotatable bonds is 5. The average Bonchev–Trinajstić information content (AvgIpc) is 2.88. The molecule has 1 aliphatic rings. The summed E-state index contributed by atoms with van der Waals surface area (Å²) in [6.45, 7) is 1.86. The minimum atomic E-state index is -3.52. The molecule has 0 bridgehead atoms. The normalized spacial score (nSPS) is 13.6. The minimum Gasteiger partial charge on any atom is -0.455 e. The highest BCUT2D eigenvalue weighted by Gasteiger charge is 2.24. The van der Waals surface area contributed by atoms with Crippen LogP contribution in [0.15, 0.2) is 30.3 Å². The van der Waals surface area contributed by atoms with Crippen LogP contribution in [0.4, 0.5) is 10.1 Å². The number of ketones is 1. The Bertz CT molecular complexity index is 954. The molecule has 0 saturated carbocycles. The monoisotopic (exact) mass is 363 g/mol. The summed E-state index contributed by atoms with van der Waals surface area (Å²) in [4.78, 5) is 12.0. The van der Waals surface area contributed by atoms with E-state index in [1.807, 2.05) is 6.92 Å². The summed E-state index contributed by atoms with van der Waals surface area (Å²) in [5, 5.41) is 0. The topological polar surface area (TPSA) is 72.5 Å². The van der Waals surface area contributed by atoms with E-state index in [-0.39, 0.29) is 23.0 Å². The van der Waals surface area contributed by atoms with Gasteiger partial charge < -0.3 is 4.74 Å². The molecular weight excluding hydrogens is 345 g/mol. The molecule has 0 atom stereocenters. The van der Waals surface area contributed by atoms with Crippen LogP contribution in [0.1, 0.15) is 34.8 Å². The lowest BCUT2D eigenvalue weighted by molar-refractivity contribution is 0.0994. The van der Waals surface area contributed by atoms with Gasteiger partial charge in [0, 0.05) is 12.0 Å². The van der Waals surface area contributed by atoms with E-state index >= 15 is 0 Å². The van der Waals surface area contributed by atoms with Crippen molar-refractivity contribution in [1.82, 2.24) is 0 Å². The molecule has 0 radical (unpaired) electrons. The molecule has 1 aliphatic carbocycles. The van der Waals surface area contributed by atoms with Crippen LogP contribution in [0.5, 0.6) is 11.5 Å². The minimum absolute atomic E-state index is 0.000534. The van der Waals surface area contributed by atoms with Gasteiger partial charge in [-0.15, -0.1) is 0 Å². The van der Waals surface area contributed by atoms with Crippen molar-refractivity contribution >= 4 is 21.5 Å². The van der Waals surface area contributed by atoms with Crippen molar-refractivity contribution in [3.63, 3.8) is 0 Å². The van der Waals surface area contributed by atoms with Gasteiger partial charge in [0.05, 0.1) is 11.9 Å². The van der Waals surface area contributed by atoms with Gasteiger partial charge in [-0.1, -0.05) is 6.92 Å². The lowest BCUT2D eigenvalue weighted by Gasteiger charge is -2.16. The Morgan fingerprint density at radius 3 is 2.60 bits per heavy atom. The van der Waals surface area contributed by atoms with E-state index in [1.165, 1.54) is 18.2 Å². The standard InChI is InChI=1S/C18H18FNO4S/c1-3-11-8-13(19)5-7-17(11)24-18-10-14-12(4-6-16(14)21)9-15(18)20-25(2,22)23/h5,7-10,20H,3-4,6H2,1-2H3. The Kier molecular flexibility index (Phi) is 4.51. The molecule has 2 aromatic rings. The summed E-state index contributed by atoms with van der Waals surface area (Å²) >= 11 is 0. The first-order valence-corrected chi connectivity index (χ1v) is 9.80. The van der Waals surface area contributed by atoms with Gasteiger partial charge in [-0.2, -0.15) is 0 Å². The predicted octanol–water partition coefficient (Wildman–Crippen LogP) is 3.68. The zero-order valence-corrected chi connectivity index (χ0v) is 14.7. The van der Waals surface area contributed by atoms with E-state index in [0.29, 0.717) is 36.1 Å². The fourth-order valence-corrected chi connectivity index (χ4v) is 3.44. The molecule has 7 heteroatoms. The first-order chi connectivity index (χ1) is 11.8. The van der Waals surface area contributed by atoms with Crippen molar-refractivity contribution in [2.45, 2.75) is 26.2 Å². The number of carbonyl (C=O) groups is 1. The number of Topliss-reactive ketones (excluding diaryl/α,β-unsaturated/α-hetero) is 1. The number of sulfonamides is 1. The van der Waals surface area contributed by atoms with Crippen LogP contribution in [0, 0.1) is 5.82 Å². The van der Waals surface area contributed by atoms with Gasteiger partial charge in [0.15, 0.2) is 11.5 Å². The van der Waals surface area contributed by atoms with Crippen molar-refractivity contribution in [2.75, 3.05) is 11.0 Å². The number of benzene rings is 2. The first kappa shape index (κ1) is 17.4. The van der Waals surface area contributed by atoms with Crippen LogP contribution in [-0.2, 0) is 22.9 Å². The van der Waals surface area contributed by atoms with Crippen LogP contribution < -0.4 is 9.46 Å². The molecule has 3 rings (SSSR count). The zero-order chi connectivity index (χ0) is 18.2. The third-order valence-corrected chi connectivity index (χ3v) is 4.64. The summed E-state index contributed by atoms with van der Waals surface area (Å²) in [6.07, 6.45) is 2.56. The second kappa shape index (κ2) is 6.48. The summed E-state index contributed by atoms with van der Waals surface area (Å²) in [6, 6.07) is 7.33. The van der Waals surface area contributed by atoms with Crippen LogP contribution in [0.25, 0.3) is 0 Å². The highest BCUT2D eigenvalue weighted by Crippen LogP contribution is 2.37. The van der Waals surface area contributed by atoms with Gasteiger partial charge in [0.25, 0.3) is 0 Å². The summed E-state index contributed by atoms with van der Waals surface area (Å²) in [5.41, 5.74) is 2.24. The van der Waals surface area contributed by atoms with Crippen molar-refractivity contribution in [1.29, 1.82) is 0 Å². The molecular formula is C18H18FNO4S. The molecule has 0 aliphatic heterocycles. The van der Waals surface area contributed by atoms with E-state index < -0.39 is 10.0 Å². The maximum Gasteiger partial charge on any atom is 0.229 e. The molecule has 25 heavy (non-hydrogen) atoms. The number of hydrogen-bond donors (Lipinski definition) is 1. The number of fused-ring (bicyclic) bond motifs is 1.